The van der Waals surface area contributed by atoms with E-state index in [2.05, 4.69) is 0 Å². The molecule has 1 aromatic carbocycles. The Bertz CT molecular complexity index is 694. The van der Waals surface area contributed by atoms with Gasteiger partial charge in [-0.1, -0.05) is 36.8 Å². The number of phenolic OH excluding ortho intramolecular Hbond substituents is 2. The number of aromatic hydroxyl groups is 2. The lowest BCUT2D eigenvalue weighted by Gasteiger charge is -2.13. The fourth-order valence-electron chi connectivity index (χ4n) is 2.31. The van der Waals surface area contributed by atoms with Crippen molar-refractivity contribution >= 4 is 23.3 Å². The van der Waals surface area contributed by atoms with Crippen LogP contribution in [-0.4, -0.2) is 28.5 Å². The van der Waals surface area contributed by atoms with Crippen molar-refractivity contribution < 1.29 is 19.7 Å². The minimum Gasteiger partial charge on any atom is -0.507 e. The van der Waals surface area contributed by atoms with Crippen LogP contribution in [0.15, 0.2) is 30.4 Å². The molecule has 2 rings (SSSR count). The first-order valence-electron chi connectivity index (χ1n) is 7.21. The van der Waals surface area contributed by atoms with E-state index in [9.17, 15) is 15.0 Å². The highest BCUT2D eigenvalue weighted by Crippen LogP contribution is 2.37. The molecule has 0 amide bonds. The first kappa shape index (κ1) is 17.1. The summed E-state index contributed by atoms with van der Waals surface area (Å²) < 4.78 is 5.12. The Labute approximate surface area is 139 Å². The zero-order chi connectivity index (χ0) is 17.0. The van der Waals surface area contributed by atoms with Gasteiger partial charge in [0.25, 0.3) is 0 Å². The van der Waals surface area contributed by atoms with Crippen LogP contribution in [0.5, 0.6) is 11.5 Å². The number of allylic oxidation sites excluding steroid dienone is 3. The summed E-state index contributed by atoms with van der Waals surface area (Å²) in [5.41, 5.74) is 0.271. The molecule has 122 valence electrons. The number of hydrogen-bond acceptors (Lipinski definition) is 5. The van der Waals surface area contributed by atoms with Crippen molar-refractivity contribution in [2.75, 3.05) is 6.61 Å². The zero-order valence-electron chi connectivity index (χ0n) is 12.7. The number of benzene rings is 1. The molecule has 5 nitrogen and oxygen atoms in total. The molecule has 0 saturated heterocycles. The number of cyclic esters (lactones) is 1. The standard InChI is InChI=1S/C17H18ClNO4/c1-10-4-2-6-11(19)8-12-15(17(22)23-7-3-5-10)13(20)9-14(21)16(12)18/h2-3,5-6,9-10,19-21H,4,7-8H2,1H3/b5-3+,6-2+,19-11?. The highest BCUT2D eigenvalue weighted by molar-refractivity contribution is 6.33. The van der Waals surface area contributed by atoms with Gasteiger partial charge in [0.2, 0.25) is 0 Å². The number of carbonyl (C=O) groups is 1. The predicted molar refractivity (Wildman–Crippen MR) is 88.6 cm³/mol. The number of phenols is 2. The SMILES string of the molecule is CC1/C=C/COC(=O)c2c(O)cc(O)c(Cl)c2CC(=N)/C=C/C1. The highest BCUT2D eigenvalue weighted by Gasteiger charge is 2.23. The summed E-state index contributed by atoms with van der Waals surface area (Å²) in [5, 5.41) is 27.7. The van der Waals surface area contributed by atoms with E-state index in [0.717, 1.165) is 12.5 Å². The zero-order valence-corrected chi connectivity index (χ0v) is 13.4. The predicted octanol–water partition coefficient (Wildman–Crippen LogP) is 3.62. The maximum Gasteiger partial charge on any atom is 0.342 e. The maximum atomic E-state index is 12.2. The van der Waals surface area contributed by atoms with Gasteiger partial charge in [0, 0.05) is 18.2 Å². The molecular formula is C17H18ClNO4. The molecule has 1 heterocycles. The molecule has 1 aromatic rings. The third-order valence-electron chi connectivity index (χ3n) is 3.49. The van der Waals surface area contributed by atoms with Crippen LogP contribution in [0.25, 0.3) is 0 Å². The van der Waals surface area contributed by atoms with E-state index in [1.54, 1.807) is 12.2 Å². The van der Waals surface area contributed by atoms with Gasteiger partial charge in [-0.25, -0.2) is 4.79 Å². The van der Waals surface area contributed by atoms with Crippen molar-refractivity contribution in [2.45, 2.75) is 19.8 Å². The van der Waals surface area contributed by atoms with E-state index in [0.29, 0.717) is 0 Å². The Balaban J connectivity index is 2.50. The van der Waals surface area contributed by atoms with Gasteiger partial charge < -0.3 is 20.4 Å². The van der Waals surface area contributed by atoms with Crippen molar-refractivity contribution in [1.82, 2.24) is 0 Å². The third kappa shape index (κ3) is 4.13. The maximum absolute atomic E-state index is 12.2. The van der Waals surface area contributed by atoms with Gasteiger partial charge in [0.1, 0.15) is 23.7 Å². The van der Waals surface area contributed by atoms with Crippen molar-refractivity contribution in [3.8, 4) is 11.5 Å². The van der Waals surface area contributed by atoms with E-state index < -0.39 is 11.7 Å². The summed E-state index contributed by atoms with van der Waals surface area (Å²) in [7, 11) is 0. The molecule has 1 unspecified atom stereocenters. The number of carbonyl (C=O) groups excluding carboxylic acids is 1. The lowest BCUT2D eigenvalue weighted by Crippen LogP contribution is -2.12. The number of nitrogens with one attached hydrogen (secondary N) is 1. The first-order chi connectivity index (χ1) is 10.9. The molecule has 1 atom stereocenters. The Hall–Kier alpha value is -2.27. The summed E-state index contributed by atoms with van der Waals surface area (Å²) in [5.74, 6) is -1.25. The van der Waals surface area contributed by atoms with E-state index >= 15 is 0 Å². The Morgan fingerprint density at radius 3 is 2.78 bits per heavy atom. The summed E-state index contributed by atoms with van der Waals surface area (Å²) in [6, 6.07) is 0.998. The van der Waals surface area contributed by atoms with Crippen molar-refractivity contribution in [3.05, 3.63) is 46.5 Å². The van der Waals surface area contributed by atoms with Crippen LogP contribution in [0.3, 0.4) is 0 Å². The number of hydrogen-bond donors (Lipinski definition) is 3. The smallest absolute Gasteiger partial charge is 0.342 e. The Kier molecular flexibility index (Phi) is 5.45. The fraction of sp³-hybridized carbons (Fsp3) is 0.294. The molecule has 1 aliphatic rings. The fourth-order valence-corrected chi connectivity index (χ4v) is 2.53. The summed E-state index contributed by atoms with van der Waals surface area (Å²) in [4.78, 5) is 12.2. The van der Waals surface area contributed by atoms with E-state index in [-0.39, 0.29) is 46.6 Å². The molecule has 0 aliphatic carbocycles. The van der Waals surface area contributed by atoms with Gasteiger partial charge in [-0.05, 0) is 24.0 Å². The van der Waals surface area contributed by atoms with Crippen LogP contribution < -0.4 is 0 Å². The second-order valence-corrected chi connectivity index (χ2v) is 5.80. The third-order valence-corrected chi connectivity index (χ3v) is 3.92. The monoisotopic (exact) mass is 335 g/mol. The summed E-state index contributed by atoms with van der Waals surface area (Å²) in [6.45, 7) is 2.09. The van der Waals surface area contributed by atoms with Crippen molar-refractivity contribution in [2.24, 2.45) is 5.92 Å². The molecule has 3 N–H and O–H groups in total. The van der Waals surface area contributed by atoms with Crippen LogP contribution in [0.4, 0.5) is 0 Å². The number of esters is 1. The second kappa shape index (κ2) is 7.33. The molecular weight excluding hydrogens is 318 g/mol. The van der Waals surface area contributed by atoms with Crippen LogP contribution >= 0.6 is 11.6 Å². The van der Waals surface area contributed by atoms with Gasteiger partial charge in [0.05, 0.1) is 5.02 Å². The minimum atomic E-state index is -0.743. The van der Waals surface area contributed by atoms with Gasteiger partial charge in [0.15, 0.2) is 0 Å². The Morgan fingerprint density at radius 2 is 2.04 bits per heavy atom. The summed E-state index contributed by atoms with van der Waals surface area (Å²) >= 11 is 6.06. The molecule has 0 spiro atoms. The van der Waals surface area contributed by atoms with E-state index in [1.165, 1.54) is 0 Å². The Morgan fingerprint density at radius 1 is 1.30 bits per heavy atom. The van der Waals surface area contributed by atoms with Gasteiger partial charge in [-0.15, -0.1) is 0 Å². The number of rotatable bonds is 0. The lowest BCUT2D eigenvalue weighted by atomic mass is 9.99. The van der Waals surface area contributed by atoms with Gasteiger partial charge >= 0.3 is 5.97 Å². The molecule has 1 aliphatic heterocycles. The van der Waals surface area contributed by atoms with Crippen LogP contribution in [0.2, 0.25) is 5.02 Å². The van der Waals surface area contributed by atoms with Crippen LogP contribution in [-0.2, 0) is 11.2 Å². The van der Waals surface area contributed by atoms with Crippen LogP contribution in [0, 0.1) is 11.3 Å². The lowest BCUT2D eigenvalue weighted by molar-refractivity contribution is 0.0544. The normalized spacial score (nSPS) is 22.1. The van der Waals surface area contributed by atoms with Crippen LogP contribution in [0.1, 0.15) is 29.3 Å². The molecule has 0 fully saturated rings. The number of ether oxygens (including phenoxy) is 1. The molecule has 6 heteroatoms. The number of fused-ring (bicyclic) bond motifs is 1. The molecule has 0 saturated carbocycles. The number of halogens is 1. The average molecular weight is 336 g/mol. The second-order valence-electron chi connectivity index (χ2n) is 5.43. The van der Waals surface area contributed by atoms with Crippen molar-refractivity contribution in [3.63, 3.8) is 0 Å². The van der Waals surface area contributed by atoms with Gasteiger partial charge in [-0.2, -0.15) is 0 Å². The average Bonchev–Trinajstić information content (AvgIpc) is 2.49. The first-order valence-corrected chi connectivity index (χ1v) is 7.59. The van der Waals surface area contributed by atoms with Gasteiger partial charge in [-0.3, -0.25) is 0 Å². The molecule has 0 aromatic heterocycles. The largest absolute Gasteiger partial charge is 0.507 e. The highest BCUT2D eigenvalue weighted by atomic mass is 35.5. The molecule has 23 heavy (non-hydrogen) atoms. The van der Waals surface area contributed by atoms with Crippen molar-refractivity contribution in [1.29, 1.82) is 5.41 Å². The minimum absolute atomic E-state index is 0.00351. The molecule has 0 radical (unpaired) electrons. The molecule has 0 bridgehead atoms. The summed E-state index contributed by atoms with van der Waals surface area (Å²) in [6.07, 6.45) is 7.91. The topological polar surface area (TPSA) is 90.6 Å². The quantitative estimate of drug-likeness (QED) is 0.499. The van der Waals surface area contributed by atoms with E-state index in [4.69, 9.17) is 21.7 Å². The van der Waals surface area contributed by atoms with E-state index in [1.807, 2.05) is 19.1 Å².